The zero-order chi connectivity index (χ0) is 31.7. The predicted molar refractivity (Wildman–Crippen MR) is 170 cm³/mol. The summed E-state index contributed by atoms with van der Waals surface area (Å²) in [6.07, 6.45) is 9.01. The number of benzene rings is 2. The molecule has 0 saturated carbocycles. The number of aromatic nitrogens is 3. The second-order valence-corrected chi connectivity index (χ2v) is 13.0. The van der Waals surface area contributed by atoms with Crippen LogP contribution in [0.3, 0.4) is 0 Å². The number of anilines is 2. The van der Waals surface area contributed by atoms with Crippen molar-refractivity contribution in [2.24, 2.45) is 0 Å². The van der Waals surface area contributed by atoms with Crippen LogP contribution in [0.25, 0.3) is 32.9 Å². The first kappa shape index (κ1) is 29.1. The van der Waals surface area contributed by atoms with Crippen LogP contribution in [0.5, 0.6) is 11.9 Å². The lowest BCUT2D eigenvalue weighted by molar-refractivity contribution is 0.107. The Hall–Kier alpha value is -4.34. The van der Waals surface area contributed by atoms with E-state index < -0.39 is 23.3 Å². The van der Waals surface area contributed by atoms with E-state index in [-0.39, 0.29) is 52.9 Å². The lowest BCUT2D eigenvalue weighted by atomic mass is 9.95. The molecule has 2 aromatic heterocycles. The quantitative estimate of drug-likeness (QED) is 0.234. The van der Waals surface area contributed by atoms with Gasteiger partial charge in [0.25, 0.3) is 0 Å². The Morgan fingerprint density at radius 1 is 1.11 bits per heavy atom. The van der Waals surface area contributed by atoms with Gasteiger partial charge in [0.1, 0.15) is 41.0 Å². The Morgan fingerprint density at radius 3 is 2.67 bits per heavy atom. The van der Waals surface area contributed by atoms with Crippen molar-refractivity contribution < 1.29 is 22.6 Å². The maximum atomic E-state index is 17.0. The molecular weight excluding hydrogens is 595 g/mol. The minimum atomic E-state index is -0.922. The molecule has 46 heavy (non-hydrogen) atoms. The van der Waals surface area contributed by atoms with Crippen molar-refractivity contribution in [1.82, 2.24) is 25.2 Å². The molecule has 4 saturated heterocycles. The highest BCUT2D eigenvalue weighted by atomic mass is 19.1. The molecule has 2 bridgehead atoms. The van der Waals surface area contributed by atoms with E-state index in [2.05, 4.69) is 31.0 Å². The fourth-order valence-electron chi connectivity index (χ4n) is 8.13. The topological polar surface area (TPSA) is 102 Å². The number of alkyl halides is 1. The summed E-state index contributed by atoms with van der Waals surface area (Å²) in [7, 11) is 1.45. The summed E-state index contributed by atoms with van der Waals surface area (Å²) in [4.78, 5) is 18.3. The number of methoxy groups -OCH3 is 1. The average molecular weight is 630 g/mol. The smallest absolute Gasteiger partial charge is 0.319 e. The molecule has 0 amide bonds. The molecule has 8 rings (SSSR count). The number of terminal acetylenes is 1. The number of nitrogens with zero attached hydrogens (tertiary/aromatic N) is 5. The molecule has 0 radical (unpaired) electrons. The van der Waals surface area contributed by atoms with E-state index in [9.17, 15) is 8.78 Å². The third kappa shape index (κ3) is 4.59. The molecule has 238 valence electrons. The Labute approximate surface area is 264 Å². The van der Waals surface area contributed by atoms with Gasteiger partial charge in [-0.05, 0) is 55.8 Å². The summed E-state index contributed by atoms with van der Waals surface area (Å²) in [5, 5.41) is 4.76. The van der Waals surface area contributed by atoms with Crippen LogP contribution >= 0.6 is 0 Å². The number of pyridine rings is 1. The van der Waals surface area contributed by atoms with Gasteiger partial charge in [-0.1, -0.05) is 12.0 Å². The van der Waals surface area contributed by atoms with Crippen molar-refractivity contribution in [3.63, 3.8) is 0 Å². The van der Waals surface area contributed by atoms with E-state index in [1.54, 1.807) is 12.1 Å². The van der Waals surface area contributed by atoms with Gasteiger partial charge >= 0.3 is 6.01 Å². The standard InChI is InChI=1S/C34H34F3N7O2/c1-3-23-25(36)8-5-18-11-20(38)12-24(26(18)23)29-28(37)30-27(32(40-29)45-2)31(43-15-21-6-7-22(16-43)39-21)42-33(41-30)46-17-34-9-4-10-44(34)14-19(35)13-34/h1,5,8,11-12,19,21-22,39H,4,6-7,9-10,13-17,38H2,2H3/t19-,21?,22?,34+/m1/s1. The van der Waals surface area contributed by atoms with Crippen LogP contribution < -0.4 is 25.4 Å². The number of rotatable bonds is 6. The van der Waals surface area contributed by atoms with Gasteiger partial charge in [-0.25, -0.2) is 18.2 Å². The Balaban J connectivity index is 1.32. The highest BCUT2D eigenvalue weighted by molar-refractivity contribution is 6.04. The third-order valence-electron chi connectivity index (χ3n) is 10.1. The number of fused-ring (bicyclic) bond motifs is 5. The normalized spacial score (nSPS) is 25.7. The first-order chi connectivity index (χ1) is 22.3. The molecule has 6 heterocycles. The van der Waals surface area contributed by atoms with E-state index in [4.69, 9.17) is 26.6 Å². The summed E-state index contributed by atoms with van der Waals surface area (Å²) >= 11 is 0. The molecule has 9 nitrogen and oxygen atoms in total. The molecule has 4 atom stereocenters. The van der Waals surface area contributed by atoms with Crippen molar-refractivity contribution in [1.29, 1.82) is 0 Å². The number of nitrogen functional groups attached to an aromatic ring is 1. The minimum Gasteiger partial charge on any atom is -0.480 e. The number of hydrogen-bond donors (Lipinski definition) is 2. The molecule has 0 aliphatic carbocycles. The number of nitrogens with one attached hydrogen (secondary N) is 1. The molecule has 4 aromatic rings. The maximum Gasteiger partial charge on any atom is 0.319 e. The van der Waals surface area contributed by atoms with Crippen LogP contribution in [0.4, 0.5) is 24.7 Å². The Bertz CT molecular complexity index is 1920. The summed E-state index contributed by atoms with van der Waals surface area (Å²) in [6.45, 7) is 2.69. The van der Waals surface area contributed by atoms with Crippen LogP contribution in [-0.4, -0.2) is 83.5 Å². The SMILES string of the molecule is C#Cc1c(F)ccc2cc(N)cc(-c3nc(OC)c4c(N5CC6CCC(C5)N6)nc(OC[C@@]56CCCN5C[C@H](F)C6)nc4c3F)c12. The van der Waals surface area contributed by atoms with Crippen LogP contribution in [0, 0.1) is 24.0 Å². The first-order valence-corrected chi connectivity index (χ1v) is 15.7. The largest absolute Gasteiger partial charge is 0.480 e. The molecule has 4 aliphatic heterocycles. The predicted octanol–water partition coefficient (Wildman–Crippen LogP) is 4.59. The first-order valence-electron chi connectivity index (χ1n) is 15.7. The number of piperazine rings is 1. The summed E-state index contributed by atoms with van der Waals surface area (Å²) in [5.74, 6) is 1.57. The molecule has 4 fully saturated rings. The highest BCUT2D eigenvalue weighted by Gasteiger charge is 2.49. The minimum absolute atomic E-state index is 0.0113. The zero-order valence-corrected chi connectivity index (χ0v) is 25.5. The van der Waals surface area contributed by atoms with Gasteiger partial charge in [0.05, 0.1) is 18.2 Å². The molecule has 2 aromatic carbocycles. The van der Waals surface area contributed by atoms with E-state index in [0.717, 1.165) is 32.2 Å². The maximum absolute atomic E-state index is 17.0. The Morgan fingerprint density at radius 2 is 1.91 bits per heavy atom. The summed E-state index contributed by atoms with van der Waals surface area (Å²) in [5.41, 5.74) is 6.10. The van der Waals surface area contributed by atoms with Crippen LogP contribution in [-0.2, 0) is 0 Å². The summed E-state index contributed by atoms with van der Waals surface area (Å²) < 4.78 is 58.5. The van der Waals surface area contributed by atoms with Crippen molar-refractivity contribution >= 4 is 33.2 Å². The summed E-state index contributed by atoms with van der Waals surface area (Å²) in [6, 6.07) is 6.49. The van der Waals surface area contributed by atoms with Gasteiger partial charge in [-0.15, -0.1) is 6.42 Å². The van der Waals surface area contributed by atoms with Crippen LogP contribution in [0.2, 0.25) is 0 Å². The number of ether oxygens (including phenoxy) is 2. The van der Waals surface area contributed by atoms with Gasteiger partial charge < -0.3 is 25.4 Å². The average Bonchev–Trinajstić information content (AvgIpc) is 3.70. The van der Waals surface area contributed by atoms with E-state index in [1.807, 2.05) is 0 Å². The van der Waals surface area contributed by atoms with E-state index >= 15 is 4.39 Å². The van der Waals surface area contributed by atoms with Gasteiger partial charge in [0.15, 0.2) is 5.82 Å². The van der Waals surface area contributed by atoms with Gasteiger partial charge in [0.2, 0.25) is 5.88 Å². The van der Waals surface area contributed by atoms with Crippen LogP contribution in [0.1, 0.15) is 37.7 Å². The lowest BCUT2D eigenvalue weighted by Gasteiger charge is -2.34. The van der Waals surface area contributed by atoms with Crippen molar-refractivity contribution in [2.75, 3.05) is 50.5 Å². The highest BCUT2D eigenvalue weighted by Crippen LogP contribution is 2.43. The molecule has 12 heteroatoms. The molecule has 0 spiro atoms. The van der Waals surface area contributed by atoms with E-state index in [1.165, 1.54) is 19.2 Å². The van der Waals surface area contributed by atoms with E-state index in [0.29, 0.717) is 53.7 Å². The van der Waals surface area contributed by atoms with Crippen molar-refractivity contribution in [2.45, 2.75) is 55.9 Å². The fraction of sp³-hybridized carbons (Fsp3) is 0.441. The van der Waals surface area contributed by atoms with Crippen molar-refractivity contribution in [3.05, 3.63) is 41.5 Å². The number of hydrogen-bond acceptors (Lipinski definition) is 9. The van der Waals surface area contributed by atoms with Gasteiger partial charge in [-0.3, -0.25) is 4.90 Å². The second-order valence-electron chi connectivity index (χ2n) is 13.0. The van der Waals surface area contributed by atoms with Crippen LogP contribution in [0.15, 0.2) is 24.3 Å². The van der Waals surface area contributed by atoms with Gasteiger partial charge in [-0.2, -0.15) is 9.97 Å². The zero-order valence-electron chi connectivity index (χ0n) is 25.5. The van der Waals surface area contributed by atoms with Crippen molar-refractivity contribution in [3.8, 4) is 35.5 Å². The molecule has 4 aliphatic rings. The monoisotopic (exact) mass is 629 g/mol. The lowest BCUT2D eigenvalue weighted by Crippen LogP contribution is -2.51. The van der Waals surface area contributed by atoms with Gasteiger partial charge in [0, 0.05) is 54.8 Å². The molecular formula is C34H34F3N7O2. The fourth-order valence-corrected chi connectivity index (χ4v) is 8.13. The molecule has 3 N–H and O–H groups in total. The molecule has 2 unspecified atom stereocenters. The Kier molecular flexibility index (Phi) is 6.88. The number of halogens is 3. The third-order valence-corrected chi connectivity index (χ3v) is 10.1. The number of nitrogens with two attached hydrogens (primary N) is 1. The second kappa shape index (κ2) is 10.9.